The number of carbonyl (C=O) groups is 1. The van der Waals surface area contributed by atoms with Crippen LogP contribution in [0.25, 0.3) is 0 Å². The van der Waals surface area contributed by atoms with Crippen molar-refractivity contribution in [3.05, 3.63) is 53.0 Å². The first-order valence-electron chi connectivity index (χ1n) is 12.6. The van der Waals surface area contributed by atoms with E-state index < -0.39 is 23.4 Å². The predicted octanol–water partition coefficient (Wildman–Crippen LogP) is 4.95. The van der Waals surface area contributed by atoms with Crippen LogP contribution in [0.5, 0.6) is 5.75 Å². The molecule has 3 atom stereocenters. The van der Waals surface area contributed by atoms with Gasteiger partial charge in [-0.2, -0.15) is 0 Å². The second kappa shape index (κ2) is 10.5. The van der Waals surface area contributed by atoms with Crippen LogP contribution >= 0.6 is 11.6 Å². The zero-order valence-corrected chi connectivity index (χ0v) is 22.3. The minimum atomic E-state index is -2.43. The predicted molar refractivity (Wildman–Crippen MR) is 136 cm³/mol. The fourth-order valence-corrected chi connectivity index (χ4v) is 5.83. The van der Waals surface area contributed by atoms with Crippen LogP contribution < -0.4 is 10.1 Å². The summed E-state index contributed by atoms with van der Waals surface area (Å²) in [5, 5.41) is 13.4. The second-order valence-corrected chi connectivity index (χ2v) is 11.5. The average Bonchev–Trinajstić information content (AvgIpc) is 3.04. The third-order valence-corrected chi connectivity index (χ3v) is 7.68. The molecule has 0 radical (unpaired) electrons. The molecule has 6 nitrogen and oxygen atoms in total. The number of hydrogen-bond donors (Lipinski definition) is 2. The van der Waals surface area contributed by atoms with Gasteiger partial charge in [-0.3, -0.25) is 9.69 Å². The van der Waals surface area contributed by atoms with Crippen molar-refractivity contribution in [2.75, 3.05) is 6.54 Å². The van der Waals surface area contributed by atoms with Crippen molar-refractivity contribution in [3.63, 3.8) is 0 Å². The number of hydrogen-bond acceptors (Lipinski definition) is 5. The second-order valence-electron chi connectivity index (χ2n) is 11.1. The zero-order chi connectivity index (χ0) is 27.1. The van der Waals surface area contributed by atoms with E-state index in [1.54, 1.807) is 31.0 Å². The molecule has 1 amide bonds. The van der Waals surface area contributed by atoms with Crippen LogP contribution in [-0.4, -0.2) is 63.7 Å². The molecule has 0 spiro atoms. The normalized spacial score (nSPS) is 26.2. The van der Waals surface area contributed by atoms with Crippen LogP contribution in [0, 0.1) is 5.82 Å². The van der Waals surface area contributed by atoms with Crippen molar-refractivity contribution in [2.24, 2.45) is 0 Å². The van der Waals surface area contributed by atoms with Crippen molar-refractivity contribution in [1.82, 2.24) is 15.1 Å². The number of carbonyl (C=O) groups excluding carboxylic acids is 1. The zero-order valence-electron chi connectivity index (χ0n) is 21.6. The fourth-order valence-electron chi connectivity index (χ4n) is 5.64. The molecule has 204 valence electrons. The van der Waals surface area contributed by atoms with Crippen LogP contribution in [0.2, 0.25) is 5.02 Å². The van der Waals surface area contributed by atoms with Crippen LogP contribution in [0.4, 0.5) is 13.2 Å². The summed E-state index contributed by atoms with van der Waals surface area (Å²) in [5.74, 6) is -0.897. The summed E-state index contributed by atoms with van der Waals surface area (Å²) < 4.78 is 46.6. The van der Waals surface area contributed by atoms with Crippen molar-refractivity contribution >= 4 is 17.5 Å². The highest BCUT2D eigenvalue weighted by atomic mass is 35.5. The number of rotatable bonds is 8. The Hall–Kier alpha value is -2.23. The standard InChI is InChI=1S/C27H35ClF3N3O3/c1-26(2,36)19-13-22(20(28)14-21(19)29)37-27(3,4)25(35)32-16-11-17-8-9-18(12-16)34(17)24-7-5-6-10-33(24)15-23(30)31/h5-7,10,13-14,16-18,23-24,36H,8-9,11-12,15H2,1-4H3,(H,32,35). The number of ether oxygens (including phenoxy) is 1. The highest BCUT2D eigenvalue weighted by molar-refractivity contribution is 6.32. The summed E-state index contributed by atoms with van der Waals surface area (Å²) in [6, 6.07) is 2.62. The third kappa shape index (κ3) is 6.10. The lowest BCUT2D eigenvalue weighted by Gasteiger charge is -2.47. The molecule has 0 saturated carbocycles. The number of nitrogens with zero attached hydrogens (tertiary/aromatic N) is 2. The van der Waals surface area contributed by atoms with Gasteiger partial charge < -0.3 is 20.1 Å². The summed E-state index contributed by atoms with van der Waals surface area (Å²) in [4.78, 5) is 17.2. The van der Waals surface area contributed by atoms with Crippen LogP contribution in [0.3, 0.4) is 0 Å². The Balaban J connectivity index is 1.42. The topological polar surface area (TPSA) is 65.0 Å². The lowest BCUT2D eigenvalue weighted by atomic mass is 9.95. The molecule has 3 aliphatic heterocycles. The van der Waals surface area contributed by atoms with E-state index in [1.165, 1.54) is 19.9 Å². The maximum Gasteiger partial charge on any atom is 0.263 e. The number of piperidine rings is 1. The summed E-state index contributed by atoms with van der Waals surface area (Å²) >= 11 is 6.19. The molecule has 1 aromatic rings. The number of amides is 1. The van der Waals surface area contributed by atoms with Gasteiger partial charge in [-0.15, -0.1) is 0 Å². The Labute approximate surface area is 221 Å². The molecule has 2 bridgehead atoms. The molecule has 1 aromatic carbocycles. The molecular weight excluding hydrogens is 507 g/mol. The minimum Gasteiger partial charge on any atom is -0.476 e. The SMILES string of the molecule is CC(C)(Oc1cc(C(C)(C)O)c(F)cc1Cl)C(=O)NC1CC2CCC(C1)N2C1C=CC=CN1CC(F)F. The first kappa shape index (κ1) is 27.8. The van der Waals surface area contributed by atoms with Crippen LogP contribution in [0.1, 0.15) is 58.9 Å². The maximum atomic E-state index is 14.3. The number of halogens is 4. The lowest BCUT2D eigenvalue weighted by molar-refractivity contribution is -0.135. The highest BCUT2D eigenvalue weighted by Gasteiger charge is 2.46. The van der Waals surface area contributed by atoms with E-state index in [2.05, 4.69) is 10.2 Å². The van der Waals surface area contributed by atoms with E-state index in [0.717, 1.165) is 18.9 Å². The van der Waals surface area contributed by atoms with Crippen molar-refractivity contribution in [3.8, 4) is 5.75 Å². The maximum absolute atomic E-state index is 14.3. The molecule has 10 heteroatoms. The highest BCUT2D eigenvalue weighted by Crippen LogP contribution is 2.40. The van der Waals surface area contributed by atoms with Crippen LogP contribution in [-0.2, 0) is 10.4 Å². The molecular formula is C27H35ClF3N3O3. The van der Waals surface area contributed by atoms with Gasteiger partial charge in [-0.05, 0) is 77.7 Å². The smallest absolute Gasteiger partial charge is 0.263 e. The van der Waals surface area contributed by atoms with Gasteiger partial charge in [-0.25, -0.2) is 13.2 Å². The number of fused-ring (bicyclic) bond motifs is 2. The molecule has 0 aliphatic carbocycles. The van der Waals surface area contributed by atoms with E-state index in [9.17, 15) is 23.1 Å². The molecule has 2 saturated heterocycles. The van der Waals surface area contributed by atoms with Crippen LogP contribution in [0.15, 0.2) is 36.6 Å². The third-order valence-electron chi connectivity index (χ3n) is 7.38. The van der Waals surface area contributed by atoms with Gasteiger partial charge in [0.05, 0.1) is 17.2 Å². The van der Waals surface area contributed by atoms with E-state index in [4.69, 9.17) is 16.3 Å². The molecule has 4 rings (SSSR count). The molecule has 3 aliphatic rings. The monoisotopic (exact) mass is 541 g/mol. The average molecular weight is 542 g/mol. The van der Waals surface area contributed by atoms with Gasteiger partial charge in [0.25, 0.3) is 12.3 Å². The lowest BCUT2D eigenvalue weighted by Crippen LogP contribution is -2.59. The molecule has 2 fully saturated rings. The number of nitrogens with one attached hydrogen (secondary N) is 1. The number of aliphatic hydroxyl groups is 1. The van der Waals surface area contributed by atoms with E-state index in [1.807, 2.05) is 12.2 Å². The summed E-state index contributed by atoms with van der Waals surface area (Å²) in [6.45, 7) is 5.80. The van der Waals surface area contributed by atoms with Crippen molar-refractivity contribution in [1.29, 1.82) is 0 Å². The largest absolute Gasteiger partial charge is 0.476 e. The van der Waals surface area contributed by atoms with Gasteiger partial charge in [0, 0.05) is 29.9 Å². The fraction of sp³-hybridized carbons (Fsp3) is 0.593. The summed E-state index contributed by atoms with van der Waals surface area (Å²) in [5.41, 5.74) is -2.76. The minimum absolute atomic E-state index is 0.000616. The van der Waals surface area contributed by atoms with E-state index in [0.29, 0.717) is 12.8 Å². The number of benzene rings is 1. The summed E-state index contributed by atoms with van der Waals surface area (Å²) in [7, 11) is 0. The Morgan fingerprint density at radius 2 is 1.84 bits per heavy atom. The summed E-state index contributed by atoms with van der Waals surface area (Å²) in [6.07, 6.45) is 7.98. The van der Waals surface area contributed by atoms with Gasteiger partial charge in [0.2, 0.25) is 0 Å². The van der Waals surface area contributed by atoms with E-state index >= 15 is 0 Å². The molecule has 2 N–H and O–H groups in total. The van der Waals surface area contributed by atoms with Gasteiger partial charge in [0.1, 0.15) is 17.7 Å². The molecule has 37 heavy (non-hydrogen) atoms. The first-order valence-corrected chi connectivity index (χ1v) is 13.0. The Bertz CT molecular complexity index is 1060. The molecule has 3 unspecified atom stereocenters. The quantitative estimate of drug-likeness (QED) is 0.487. The van der Waals surface area contributed by atoms with Crippen molar-refractivity contribution in [2.45, 2.75) is 95.3 Å². The van der Waals surface area contributed by atoms with Crippen molar-refractivity contribution < 1.29 is 27.8 Å². The Morgan fingerprint density at radius 1 is 1.19 bits per heavy atom. The Kier molecular flexibility index (Phi) is 7.89. The molecule has 3 heterocycles. The number of allylic oxidation sites excluding steroid dienone is 2. The molecule has 0 aromatic heterocycles. The van der Waals surface area contributed by atoms with Gasteiger partial charge in [-0.1, -0.05) is 17.7 Å². The van der Waals surface area contributed by atoms with E-state index in [-0.39, 0.29) is 53.1 Å². The first-order chi connectivity index (χ1) is 17.3. The van der Waals surface area contributed by atoms with Gasteiger partial charge >= 0.3 is 0 Å². The van der Waals surface area contributed by atoms with Gasteiger partial charge in [0.15, 0.2) is 5.60 Å². The number of alkyl halides is 2. The Morgan fingerprint density at radius 3 is 2.43 bits per heavy atom.